The van der Waals surface area contributed by atoms with Crippen molar-refractivity contribution in [3.05, 3.63) is 65.7 Å². The van der Waals surface area contributed by atoms with Gasteiger partial charge in [-0.25, -0.2) is 4.39 Å². The van der Waals surface area contributed by atoms with Gasteiger partial charge in [0.25, 0.3) is 5.91 Å². The molecular weight excluding hydrogens is 397 g/mol. The first-order chi connectivity index (χ1) is 14.3. The summed E-state index contributed by atoms with van der Waals surface area (Å²) in [6.45, 7) is 0.196. The molecule has 1 aliphatic rings. The molecule has 1 heterocycles. The smallest absolute Gasteiger partial charge is 0.387 e. The number of Topliss-reactive ketones (excluding diaryl/α,β-unsaturated/α-hetero) is 1. The van der Waals surface area contributed by atoms with Gasteiger partial charge in [-0.2, -0.15) is 18.9 Å². The van der Waals surface area contributed by atoms with Gasteiger partial charge >= 0.3 is 6.61 Å². The van der Waals surface area contributed by atoms with E-state index in [9.17, 15) is 22.8 Å². The van der Waals surface area contributed by atoms with Gasteiger partial charge in [0.2, 0.25) is 0 Å². The van der Waals surface area contributed by atoms with Crippen molar-refractivity contribution < 1.29 is 27.5 Å². The Labute approximate surface area is 171 Å². The third-order valence-electron chi connectivity index (χ3n) is 4.59. The fourth-order valence-electron chi connectivity index (χ4n) is 3.19. The fraction of sp³-hybridized carbons (Fsp3) is 0.227. The van der Waals surface area contributed by atoms with E-state index in [1.165, 1.54) is 30.3 Å². The van der Waals surface area contributed by atoms with Crippen molar-refractivity contribution in [1.29, 1.82) is 0 Å². The lowest BCUT2D eigenvalue weighted by Gasteiger charge is -2.14. The number of carbonyl (C=O) groups excluding carboxylic acids is 2. The zero-order valence-electron chi connectivity index (χ0n) is 16.3. The van der Waals surface area contributed by atoms with Gasteiger partial charge < -0.3 is 4.74 Å². The summed E-state index contributed by atoms with van der Waals surface area (Å²) in [5.41, 5.74) is 1.60. The largest absolute Gasteiger partial charge is 0.435 e. The van der Waals surface area contributed by atoms with Crippen LogP contribution in [0.2, 0.25) is 0 Å². The molecule has 0 spiro atoms. The number of anilines is 1. The van der Waals surface area contributed by atoms with Crippen LogP contribution in [0.3, 0.4) is 0 Å². The Balaban J connectivity index is 1.74. The highest BCUT2D eigenvalue weighted by Gasteiger charge is 2.39. The fourth-order valence-corrected chi connectivity index (χ4v) is 3.19. The van der Waals surface area contributed by atoms with Crippen molar-refractivity contribution in [3.63, 3.8) is 0 Å². The normalized spacial score (nSPS) is 16.8. The van der Waals surface area contributed by atoms with Crippen LogP contribution in [0.5, 0.6) is 5.75 Å². The standard InChI is InChI=1S/C22H19F3N2O3/c1-3-18(23)15-6-4-5-14(11-15)12-19(28)20-13(2)26-27(21(20)29)16-7-9-17(10-8-16)30-22(24)25/h3-11,20,22H,12H2,1-2H3/b18-3-. The number of alkyl halides is 2. The molecule has 2 aromatic rings. The molecule has 0 aliphatic carbocycles. The van der Waals surface area contributed by atoms with Gasteiger partial charge in [-0.1, -0.05) is 24.3 Å². The Hall–Kier alpha value is -3.42. The van der Waals surface area contributed by atoms with Crippen molar-refractivity contribution in [1.82, 2.24) is 0 Å². The molecule has 3 rings (SSSR count). The summed E-state index contributed by atoms with van der Waals surface area (Å²) < 4.78 is 42.6. The number of hydrogen-bond acceptors (Lipinski definition) is 4. The van der Waals surface area contributed by atoms with Crippen molar-refractivity contribution in [2.24, 2.45) is 11.0 Å². The van der Waals surface area contributed by atoms with Gasteiger partial charge in [0.1, 0.15) is 17.5 Å². The van der Waals surface area contributed by atoms with E-state index in [0.717, 1.165) is 5.01 Å². The SMILES string of the molecule is C/C=C(\F)c1cccc(CC(=O)C2C(=O)N(c3ccc(OC(F)F)cc3)N=C2C)c1. The second kappa shape index (κ2) is 8.94. The first-order valence-corrected chi connectivity index (χ1v) is 9.18. The summed E-state index contributed by atoms with van der Waals surface area (Å²) in [5, 5.41) is 5.22. The summed E-state index contributed by atoms with van der Waals surface area (Å²) in [6, 6.07) is 11.9. The van der Waals surface area contributed by atoms with Crippen molar-refractivity contribution >= 4 is 28.9 Å². The summed E-state index contributed by atoms with van der Waals surface area (Å²) >= 11 is 0. The Morgan fingerprint density at radius 2 is 1.93 bits per heavy atom. The van der Waals surface area contributed by atoms with E-state index < -0.39 is 24.3 Å². The average Bonchev–Trinajstić information content (AvgIpc) is 3.01. The van der Waals surface area contributed by atoms with Gasteiger partial charge in [0, 0.05) is 12.0 Å². The third kappa shape index (κ3) is 4.59. The highest BCUT2D eigenvalue weighted by Crippen LogP contribution is 2.28. The quantitative estimate of drug-likeness (QED) is 0.611. The second-order valence-corrected chi connectivity index (χ2v) is 6.68. The molecule has 0 N–H and O–H groups in total. The lowest BCUT2D eigenvalue weighted by atomic mass is 9.93. The number of benzene rings is 2. The predicted molar refractivity (Wildman–Crippen MR) is 107 cm³/mol. The summed E-state index contributed by atoms with van der Waals surface area (Å²) in [6.07, 6.45) is 1.27. The number of ketones is 1. The Bertz CT molecular complexity index is 1020. The van der Waals surface area contributed by atoms with Crippen LogP contribution in [0, 0.1) is 5.92 Å². The van der Waals surface area contributed by atoms with Crippen LogP contribution >= 0.6 is 0 Å². The average molecular weight is 416 g/mol. The molecule has 8 heteroatoms. The number of hydrazone groups is 1. The first kappa shape index (κ1) is 21.3. The van der Waals surface area contributed by atoms with Crippen LogP contribution in [0.25, 0.3) is 5.83 Å². The van der Waals surface area contributed by atoms with Gasteiger partial charge in [-0.05, 0) is 49.7 Å². The third-order valence-corrected chi connectivity index (χ3v) is 4.59. The number of allylic oxidation sites excluding steroid dienone is 1. The van der Waals surface area contributed by atoms with Crippen LogP contribution < -0.4 is 9.75 Å². The van der Waals surface area contributed by atoms with Gasteiger partial charge in [-0.3, -0.25) is 9.59 Å². The van der Waals surface area contributed by atoms with Crippen molar-refractivity contribution in [2.45, 2.75) is 26.9 Å². The molecule has 5 nitrogen and oxygen atoms in total. The second-order valence-electron chi connectivity index (χ2n) is 6.68. The molecule has 0 aromatic heterocycles. The maximum absolute atomic E-state index is 13.8. The maximum Gasteiger partial charge on any atom is 0.387 e. The Morgan fingerprint density at radius 1 is 1.23 bits per heavy atom. The Kier molecular flexibility index (Phi) is 6.34. The number of halogens is 3. The van der Waals surface area contributed by atoms with E-state index in [1.54, 1.807) is 38.1 Å². The van der Waals surface area contributed by atoms with E-state index in [0.29, 0.717) is 22.5 Å². The molecule has 1 amide bonds. The zero-order valence-corrected chi connectivity index (χ0v) is 16.3. The van der Waals surface area contributed by atoms with E-state index in [4.69, 9.17) is 0 Å². The monoisotopic (exact) mass is 416 g/mol. The molecule has 1 aliphatic heterocycles. The van der Waals surface area contributed by atoms with Crippen LogP contribution in [-0.4, -0.2) is 24.0 Å². The van der Waals surface area contributed by atoms with Crippen LogP contribution in [0.1, 0.15) is 25.0 Å². The highest BCUT2D eigenvalue weighted by atomic mass is 19.3. The molecule has 0 radical (unpaired) electrons. The molecule has 30 heavy (non-hydrogen) atoms. The number of amides is 1. The molecule has 0 saturated carbocycles. The molecular formula is C22H19F3N2O3. The van der Waals surface area contributed by atoms with Crippen molar-refractivity contribution in [3.8, 4) is 5.75 Å². The van der Waals surface area contributed by atoms with E-state index in [1.807, 2.05) is 0 Å². The minimum Gasteiger partial charge on any atom is -0.435 e. The number of rotatable bonds is 7. The van der Waals surface area contributed by atoms with Crippen LogP contribution in [0.15, 0.2) is 59.7 Å². The van der Waals surface area contributed by atoms with Gasteiger partial charge in [-0.15, -0.1) is 0 Å². The minimum atomic E-state index is -2.95. The molecule has 0 bridgehead atoms. The predicted octanol–water partition coefficient (Wildman–Crippen LogP) is 4.77. The Morgan fingerprint density at radius 3 is 2.57 bits per heavy atom. The molecule has 2 aromatic carbocycles. The summed E-state index contributed by atoms with van der Waals surface area (Å²) in [4.78, 5) is 25.6. The van der Waals surface area contributed by atoms with Crippen LogP contribution in [-0.2, 0) is 16.0 Å². The topological polar surface area (TPSA) is 59.0 Å². The minimum absolute atomic E-state index is 0.0525. The summed E-state index contributed by atoms with van der Waals surface area (Å²) in [5.74, 6) is -2.40. The van der Waals surface area contributed by atoms with Gasteiger partial charge in [0.05, 0.1) is 11.4 Å². The zero-order chi connectivity index (χ0) is 21.8. The first-order valence-electron chi connectivity index (χ1n) is 9.18. The van der Waals surface area contributed by atoms with E-state index >= 15 is 0 Å². The van der Waals surface area contributed by atoms with E-state index in [-0.39, 0.29) is 18.0 Å². The van der Waals surface area contributed by atoms with E-state index in [2.05, 4.69) is 9.84 Å². The lowest BCUT2D eigenvalue weighted by Crippen LogP contribution is -2.33. The number of hydrogen-bond donors (Lipinski definition) is 0. The summed E-state index contributed by atoms with van der Waals surface area (Å²) in [7, 11) is 0. The van der Waals surface area contributed by atoms with Gasteiger partial charge in [0.15, 0.2) is 5.78 Å². The highest BCUT2D eigenvalue weighted by molar-refractivity contribution is 6.27. The molecule has 0 saturated heterocycles. The molecule has 1 atom stereocenters. The lowest BCUT2D eigenvalue weighted by molar-refractivity contribution is -0.128. The molecule has 156 valence electrons. The van der Waals surface area contributed by atoms with Crippen molar-refractivity contribution in [2.75, 3.05) is 5.01 Å². The van der Waals surface area contributed by atoms with Crippen LogP contribution in [0.4, 0.5) is 18.9 Å². The number of nitrogens with zero attached hydrogens (tertiary/aromatic N) is 2. The maximum atomic E-state index is 13.8. The molecule has 0 fully saturated rings. The molecule has 1 unspecified atom stereocenters. The number of carbonyl (C=O) groups is 2. The number of ether oxygens (including phenoxy) is 1.